The third kappa shape index (κ3) is 3.68. The van der Waals surface area contributed by atoms with E-state index in [4.69, 9.17) is 5.21 Å². The van der Waals surface area contributed by atoms with Gasteiger partial charge in [-0.1, -0.05) is 84.9 Å². The van der Waals surface area contributed by atoms with E-state index in [0.717, 1.165) is 12.0 Å². The van der Waals surface area contributed by atoms with Crippen LogP contribution in [0, 0.1) is 6.92 Å². The molecule has 0 aliphatic carbocycles. The van der Waals surface area contributed by atoms with Crippen LogP contribution in [0.2, 0.25) is 0 Å². The van der Waals surface area contributed by atoms with E-state index in [1.807, 2.05) is 18.2 Å². The second kappa shape index (κ2) is 8.12. The predicted octanol–water partition coefficient (Wildman–Crippen LogP) is 6.36. The maximum atomic E-state index is 9.05. The van der Waals surface area contributed by atoms with Crippen molar-refractivity contribution in [3.05, 3.63) is 113 Å². The Bertz CT molecular complexity index is 1130. The third-order valence-electron chi connectivity index (χ3n) is 5.22. The average Bonchev–Trinajstić information content (AvgIpc) is 2.75. The molecule has 0 radical (unpaired) electrons. The number of nitrogens with one attached hydrogen (secondary N) is 1. The van der Waals surface area contributed by atoms with Crippen molar-refractivity contribution in [2.45, 2.75) is 13.3 Å². The molecule has 0 bridgehead atoms. The Morgan fingerprint density at radius 3 is 2.39 bits per heavy atom. The zero-order valence-electron chi connectivity index (χ0n) is 15.9. The number of hydrogen-bond acceptors (Lipinski definition) is 2. The molecule has 0 fully saturated rings. The molecule has 28 heavy (non-hydrogen) atoms. The van der Waals surface area contributed by atoms with Crippen molar-refractivity contribution >= 4 is 16.8 Å². The van der Waals surface area contributed by atoms with Crippen LogP contribution < -0.4 is 5.48 Å². The Morgan fingerprint density at radius 2 is 1.57 bits per heavy atom. The van der Waals surface area contributed by atoms with E-state index in [1.165, 1.54) is 38.6 Å². The van der Waals surface area contributed by atoms with Gasteiger partial charge in [0.05, 0.1) is 0 Å². The van der Waals surface area contributed by atoms with Gasteiger partial charge in [0, 0.05) is 6.20 Å². The van der Waals surface area contributed by atoms with Gasteiger partial charge in [0.2, 0.25) is 0 Å². The highest BCUT2D eigenvalue weighted by atomic mass is 16.5. The van der Waals surface area contributed by atoms with Crippen LogP contribution in [0.3, 0.4) is 0 Å². The van der Waals surface area contributed by atoms with Gasteiger partial charge < -0.3 is 0 Å². The summed E-state index contributed by atoms with van der Waals surface area (Å²) >= 11 is 0. The maximum absolute atomic E-state index is 9.05. The second-order valence-electron chi connectivity index (χ2n) is 7.01. The molecule has 2 heteroatoms. The lowest BCUT2D eigenvalue weighted by atomic mass is 9.91. The molecule has 4 aromatic rings. The molecule has 2 nitrogen and oxygen atoms in total. The molecular weight excluding hydrogens is 342 g/mol. The minimum atomic E-state index is 0.836. The largest absolute Gasteiger partial charge is 0.292 e. The van der Waals surface area contributed by atoms with Crippen LogP contribution in [0.15, 0.2) is 91.1 Å². The Morgan fingerprint density at radius 1 is 0.786 bits per heavy atom. The normalized spacial score (nSPS) is 11.2. The minimum absolute atomic E-state index is 0.836. The molecule has 138 valence electrons. The summed E-state index contributed by atoms with van der Waals surface area (Å²) in [5.74, 6) is 0. The third-order valence-corrected chi connectivity index (χ3v) is 5.22. The first-order valence-electron chi connectivity index (χ1n) is 9.48. The molecule has 0 atom stereocenters. The van der Waals surface area contributed by atoms with E-state index in [0.29, 0.717) is 0 Å². The number of fused-ring (bicyclic) bond motifs is 1. The fourth-order valence-electron chi connectivity index (χ4n) is 3.69. The Kier molecular flexibility index (Phi) is 5.22. The lowest BCUT2D eigenvalue weighted by molar-refractivity contribution is 0.215. The quantitative estimate of drug-likeness (QED) is 0.404. The first-order chi connectivity index (χ1) is 13.8. The molecule has 0 aromatic heterocycles. The van der Waals surface area contributed by atoms with Gasteiger partial charge in [-0.15, -0.1) is 0 Å². The average molecular weight is 365 g/mol. The molecular formula is C26H23NO. The summed E-state index contributed by atoms with van der Waals surface area (Å²) in [5, 5.41) is 11.4. The van der Waals surface area contributed by atoms with Crippen LogP contribution in [0.25, 0.3) is 28.0 Å². The lowest BCUT2D eigenvalue weighted by Gasteiger charge is -2.14. The molecule has 0 saturated carbocycles. The number of aryl methyl sites for hydroxylation is 1. The van der Waals surface area contributed by atoms with Crippen LogP contribution in [-0.2, 0) is 6.42 Å². The van der Waals surface area contributed by atoms with Gasteiger partial charge >= 0.3 is 0 Å². The van der Waals surface area contributed by atoms with E-state index in [9.17, 15) is 0 Å². The fourth-order valence-corrected chi connectivity index (χ4v) is 3.69. The topological polar surface area (TPSA) is 32.3 Å². The maximum Gasteiger partial charge on any atom is 0.0246 e. The molecule has 4 aromatic carbocycles. The molecule has 0 spiro atoms. The second-order valence-corrected chi connectivity index (χ2v) is 7.01. The van der Waals surface area contributed by atoms with Gasteiger partial charge in [-0.2, -0.15) is 0 Å². The molecule has 0 aliphatic rings. The van der Waals surface area contributed by atoms with Crippen LogP contribution in [0.1, 0.15) is 22.3 Å². The Balaban J connectivity index is 1.79. The summed E-state index contributed by atoms with van der Waals surface area (Å²) in [4.78, 5) is 0. The van der Waals surface area contributed by atoms with Gasteiger partial charge in [0.15, 0.2) is 0 Å². The summed E-state index contributed by atoms with van der Waals surface area (Å²) in [6, 6.07) is 29.9. The fraction of sp³-hybridized carbons (Fsp3) is 0.0769. The highest BCUT2D eigenvalue weighted by molar-refractivity contribution is 5.92. The van der Waals surface area contributed by atoms with Gasteiger partial charge in [0.1, 0.15) is 0 Å². The standard InChI is InChI=1S/C26H23NO/c1-19-11-12-22(20-7-3-2-4-8-20)17-24(19)18-23-14-13-21-9-5-6-10-25(21)26(23)15-16-27-28/h2-17,27-28H,18H2,1H3/b16-15-. The minimum Gasteiger partial charge on any atom is -0.292 e. The Labute approximate surface area is 165 Å². The predicted molar refractivity (Wildman–Crippen MR) is 117 cm³/mol. The number of hydroxylamine groups is 1. The van der Waals surface area contributed by atoms with Crippen LogP contribution >= 0.6 is 0 Å². The van der Waals surface area contributed by atoms with Crippen molar-refractivity contribution in [3.8, 4) is 11.1 Å². The summed E-state index contributed by atoms with van der Waals surface area (Å²) in [6.45, 7) is 2.16. The summed E-state index contributed by atoms with van der Waals surface area (Å²) in [5.41, 5.74) is 9.55. The monoisotopic (exact) mass is 365 g/mol. The van der Waals surface area contributed by atoms with E-state index >= 15 is 0 Å². The van der Waals surface area contributed by atoms with Gasteiger partial charge in [-0.05, 0) is 63.6 Å². The summed E-state index contributed by atoms with van der Waals surface area (Å²) in [6.07, 6.45) is 4.34. The smallest absolute Gasteiger partial charge is 0.0246 e. The van der Waals surface area contributed by atoms with E-state index in [2.05, 4.69) is 85.2 Å². The number of hydrogen-bond donors (Lipinski definition) is 2. The molecule has 0 saturated heterocycles. The molecule has 0 aliphatic heterocycles. The highest BCUT2D eigenvalue weighted by Gasteiger charge is 2.09. The van der Waals surface area contributed by atoms with Crippen molar-refractivity contribution in [3.63, 3.8) is 0 Å². The number of rotatable bonds is 5. The zero-order chi connectivity index (χ0) is 19.3. The van der Waals surface area contributed by atoms with Gasteiger partial charge in [0.25, 0.3) is 0 Å². The van der Waals surface area contributed by atoms with Gasteiger partial charge in [-0.25, -0.2) is 0 Å². The van der Waals surface area contributed by atoms with Crippen molar-refractivity contribution in [2.75, 3.05) is 0 Å². The Hall–Kier alpha value is -3.36. The van der Waals surface area contributed by atoms with Crippen LogP contribution in [0.5, 0.6) is 0 Å². The number of benzene rings is 4. The van der Waals surface area contributed by atoms with Gasteiger partial charge in [-0.3, -0.25) is 10.7 Å². The molecule has 4 rings (SSSR count). The first-order valence-corrected chi connectivity index (χ1v) is 9.48. The van der Waals surface area contributed by atoms with Crippen molar-refractivity contribution < 1.29 is 5.21 Å². The lowest BCUT2D eigenvalue weighted by Crippen LogP contribution is -1.98. The molecule has 2 N–H and O–H groups in total. The van der Waals surface area contributed by atoms with Crippen molar-refractivity contribution in [2.24, 2.45) is 0 Å². The molecule has 0 amide bonds. The summed E-state index contributed by atoms with van der Waals surface area (Å²) in [7, 11) is 0. The zero-order valence-corrected chi connectivity index (χ0v) is 15.9. The van der Waals surface area contributed by atoms with E-state index in [-0.39, 0.29) is 0 Å². The van der Waals surface area contributed by atoms with E-state index in [1.54, 1.807) is 6.20 Å². The van der Waals surface area contributed by atoms with Crippen molar-refractivity contribution in [1.82, 2.24) is 5.48 Å². The molecule has 0 heterocycles. The highest BCUT2D eigenvalue weighted by Crippen LogP contribution is 2.28. The van der Waals surface area contributed by atoms with Crippen molar-refractivity contribution in [1.29, 1.82) is 0 Å². The summed E-state index contributed by atoms with van der Waals surface area (Å²) < 4.78 is 0. The first kappa shape index (κ1) is 18.0. The molecule has 0 unspecified atom stereocenters. The van der Waals surface area contributed by atoms with Crippen LogP contribution in [-0.4, -0.2) is 5.21 Å². The van der Waals surface area contributed by atoms with Crippen LogP contribution in [0.4, 0.5) is 0 Å². The SMILES string of the molecule is Cc1ccc(-c2ccccc2)cc1Cc1ccc2ccccc2c1/C=C\NO. The van der Waals surface area contributed by atoms with E-state index < -0.39 is 0 Å².